The van der Waals surface area contributed by atoms with Crippen LogP contribution in [0.15, 0.2) is 0 Å². The molecule has 20 heteroatoms. The molecule has 0 rings (SSSR count). The minimum atomic E-state index is -1.51. The summed E-state index contributed by atoms with van der Waals surface area (Å²) in [5, 5.41) is 40.6. The molecule has 0 aliphatic heterocycles. The van der Waals surface area contributed by atoms with Crippen LogP contribution in [0, 0.1) is 0 Å². The second-order valence-electron chi connectivity index (χ2n) is 10.7. The van der Waals surface area contributed by atoms with E-state index in [0.717, 1.165) is 0 Å². The maximum Gasteiger partial charge on any atom is 0.326 e. The van der Waals surface area contributed by atoms with Crippen LogP contribution in [0.5, 0.6) is 0 Å². The van der Waals surface area contributed by atoms with Gasteiger partial charge in [0, 0.05) is 12.8 Å². The van der Waals surface area contributed by atoms with Crippen molar-refractivity contribution in [2.75, 3.05) is 13.1 Å². The minimum Gasteiger partial charge on any atom is -0.481 e. The standard InChI is InChI=1S/C27H46N8O12/c1-13(31-23(42)14(2)32-25(44)16(29)7-9-20(37)38)22(41)30-12-19(36)34-17(6-4-5-11-28)26(45)33-15(3)24(43)35-18(27(46)47)8-10-21(39)40/h13-18H,4-12,28-29H2,1-3H3,(H,30,41)(H,31,42)(H,32,44)(H,33,45)(H,34,36)(H,35,43)(H,37,38)(H,39,40)(H,46,47)/t13-,14-,15-,16-,17-,18-/m0/s1. The van der Waals surface area contributed by atoms with E-state index >= 15 is 0 Å². The quantitative estimate of drug-likeness (QED) is 0.0459. The zero-order valence-electron chi connectivity index (χ0n) is 26.5. The number of rotatable bonds is 23. The van der Waals surface area contributed by atoms with Crippen molar-refractivity contribution in [2.24, 2.45) is 11.5 Å². The molecule has 0 aliphatic carbocycles. The van der Waals surface area contributed by atoms with Gasteiger partial charge >= 0.3 is 17.9 Å². The van der Waals surface area contributed by atoms with E-state index in [1.807, 2.05) is 0 Å². The maximum absolute atomic E-state index is 12.9. The SMILES string of the molecule is C[C@H](NC(=O)[C@H](C)NC(=O)[C@@H](N)CCC(=O)O)C(=O)NCC(=O)N[C@@H](CCCCN)C(=O)N[C@@H](C)C(=O)N[C@@H](CCC(=O)O)C(=O)O. The van der Waals surface area contributed by atoms with Crippen molar-refractivity contribution >= 4 is 53.4 Å². The summed E-state index contributed by atoms with van der Waals surface area (Å²) in [6.45, 7) is 3.58. The first-order chi connectivity index (χ1) is 21.9. The molecule has 0 aromatic heterocycles. The van der Waals surface area contributed by atoms with E-state index in [0.29, 0.717) is 19.4 Å². The number of carbonyl (C=O) groups excluding carboxylic acids is 6. The molecule has 6 atom stereocenters. The Morgan fingerprint density at radius 3 is 1.60 bits per heavy atom. The fourth-order valence-electron chi connectivity index (χ4n) is 3.73. The lowest BCUT2D eigenvalue weighted by Gasteiger charge is -2.23. The average Bonchev–Trinajstić information content (AvgIpc) is 2.99. The Kier molecular flexibility index (Phi) is 19.6. The highest BCUT2D eigenvalue weighted by atomic mass is 16.4. The van der Waals surface area contributed by atoms with Gasteiger partial charge in [0.1, 0.15) is 30.2 Å². The number of aliphatic carboxylic acids is 3. The van der Waals surface area contributed by atoms with Crippen molar-refractivity contribution in [2.45, 2.75) is 102 Å². The zero-order chi connectivity index (χ0) is 36.3. The van der Waals surface area contributed by atoms with E-state index in [1.165, 1.54) is 20.8 Å². The van der Waals surface area contributed by atoms with Gasteiger partial charge in [-0.25, -0.2) is 4.79 Å². The number of nitrogens with two attached hydrogens (primary N) is 2. The second kappa shape index (κ2) is 21.8. The number of unbranched alkanes of at least 4 members (excludes halogenated alkanes) is 1. The van der Waals surface area contributed by atoms with Crippen molar-refractivity contribution < 1.29 is 58.5 Å². The van der Waals surface area contributed by atoms with E-state index in [2.05, 4.69) is 31.9 Å². The Morgan fingerprint density at radius 2 is 1.06 bits per heavy atom. The fraction of sp³-hybridized carbons (Fsp3) is 0.667. The molecule has 266 valence electrons. The minimum absolute atomic E-state index is 0.101. The highest BCUT2D eigenvalue weighted by Crippen LogP contribution is 2.03. The molecule has 0 heterocycles. The number of carboxylic acids is 3. The Bertz CT molecular complexity index is 1150. The van der Waals surface area contributed by atoms with Crippen LogP contribution in [0.25, 0.3) is 0 Å². The molecule has 0 bridgehead atoms. The Hall–Kier alpha value is -4.85. The summed E-state index contributed by atoms with van der Waals surface area (Å²) in [6, 6.07) is -7.41. The van der Waals surface area contributed by atoms with Gasteiger partial charge in [-0.3, -0.25) is 38.4 Å². The third-order valence-electron chi connectivity index (χ3n) is 6.55. The van der Waals surface area contributed by atoms with E-state index < -0.39 is 103 Å². The summed E-state index contributed by atoms with van der Waals surface area (Å²) >= 11 is 0. The molecule has 0 saturated heterocycles. The van der Waals surface area contributed by atoms with E-state index in [4.69, 9.17) is 21.7 Å². The molecule has 0 aromatic carbocycles. The normalized spacial score (nSPS) is 14.5. The van der Waals surface area contributed by atoms with Crippen LogP contribution in [0.3, 0.4) is 0 Å². The summed E-state index contributed by atoms with van der Waals surface area (Å²) in [5.41, 5.74) is 11.1. The van der Waals surface area contributed by atoms with Crippen molar-refractivity contribution in [3.05, 3.63) is 0 Å². The monoisotopic (exact) mass is 674 g/mol. The van der Waals surface area contributed by atoms with Gasteiger partial charge in [-0.2, -0.15) is 0 Å². The molecule has 0 fully saturated rings. The third kappa shape index (κ3) is 18.0. The molecular formula is C27H46N8O12. The summed E-state index contributed by atoms with van der Waals surface area (Å²) in [7, 11) is 0. The third-order valence-corrected chi connectivity index (χ3v) is 6.55. The number of carbonyl (C=O) groups is 9. The van der Waals surface area contributed by atoms with Crippen molar-refractivity contribution in [1.82, 2.24) is 31.9 Å². The van der Waals surface area contributed by atoms with Crippen LogP contribution < -0.4 is 43.4 Å². The van der Waals surface area contributed by atoms with Crippen LogP contribution in [-0.2, 0) is 43.2 Å². The molecule has 0 saturated carbocycles. The molecule has 0 radical (unpaired) electrons. The molecule has 0 aliphatic rings. The number of carboxylic acid groups (broad SMARTS) is 3. The Labute approximate surface area is 270 Å². The highest BCUT2D eigenvalue weighted by molar-refractivity contribution is 5.95. The number of amides is 6. The largest absolute Gasteiger partial charge is 0.481 e. The van der Waals surface area contributed by atoms with Crippen molar-refractivity contribution in [3.63, 3.8) is 0 Å². The molecule has 6 amide bonds. The molecule has 47 heavy (non-hydrogen) atoms. The van der Waals surface area contributed by atoms with Crippen molar-refractivity contribution in [3.8, 4) is 0 Å². The summed E-state index contributed by atoms with van der Waals surface area (Å²) in [5.74, 6) is -8.65. The van der Waals surface area contributed by atoms with Crippen LogP contribution in [0.1, 0.15) is 65.7 Å². The second-order valence-corrected chi connectivity index (χ2v) is 10.7. The lowest BCUT2D eigenvalue weighted by Crippen LogP contribution is -2.56. The zero-order valence-corrected chi connectivity index (χ0v) is 26.5. The molecule has 20 nitrogen and oxygen atoms in total. The first kappa shape index (κ1) is 42.1. The van der Waals surface area contributed by atoms with Crippen LogP contribution >= 0.6 is 0 Å². The van der Waals surface area contributed by atoms with Crippen LogP contribution in [0.4, 0.5) is 0 Å². The molecule has 13 N–H and O–H groups in total. The van der Waals surface area contributed by atoms with Gasteiger partial charge < -0.3 is 58.7 Å². The predicted octanol–water partition coefficient (Wildman–Crippen LogP) is -4.14. The van der Waals surface area contributed by atoms with Gasteiger partial charge in [0.2, 0.25) is 35.4 Å². The Balaban J connectivity index is 5.06. The average molecular weight is 675 g/mol. The van der Waals surface area contributed by atoms with Gasteiger partial charge in [0.05, 0.1) is 12.6 Å². The summed E-state index contributed by atoms with van der Waals surface area (Å²) in [4.78, 5) is 108. The molecule has 0 unspecified atom stereocenters. The maximum atomic E-state index is 12.9. The number of hydrogen-bond donors (Lipinski definition) is 11. The molecular weight excluding hydrogens is 628 g/mol. The van der Waals surface area contributed by atoms with Gasteiger partial charge in [0.15, 0.2) is 0 Å². The molecule has 0 spiro atoms. The van der Waals surface area contributed by atoms with Crippen LogP contribution in [0.2, 0.25) is 0 Å². The van der Waals surface area contributed by atoms with E-state index in [1.54, 1.807) is 0 Å². The first-order valence-electron chi connectivity index (χ1n) is 14.8. The van der Waals surface area contributed by atoms with Gasteiger partial charge in [0.25, 0.3) is 0 Å². The van der Waals surface area contributed by atoms with Gasteiger partial charge in [-0.1, -0.05) is 0 Å². The lowest BCUT2D eigenvalue weighted by atomic mass is 10.1. The first-order valence-corrected chi connectivity index (χ1v) is 14.8. The summed E-state index contributed by atoms with van der Waals surface area (Å²) < 4.78 is 0. The van der Waals surface area contributed by atoms with Crippen molar-refractivity contribution in [1.29, 1.82) is 0 Å². The molecule has 0 aromatic rings. The number of hydrogen-bond acceptors (Lipinski definition) is 11. The summed E-state index contributed by atoms with van der Waals surface area (Å²) in [6.07, 6.45) is -0.391. The number of nitrogens with one attached hydrogen (secondary N) is 6. The van der Waals surface area contributed by atoms with Crippen LogP contribution in [-0.4, -0.2) is 118 Å². The van der Waals surface area contributed by atoms with E-state index in [-0.39, 0.29) is 25.7 Å². The van der Waals surface area contributed by atoms with E-state index in [9.17, 15) is 48.3 Å². The van der Waals surface area contributed by atoms with Gasteiger partial charge in [-0.15, -0.1) is 0 Å². The highest BCUT2D eigenvalue weighted by Gasteiger charge is 2.28. The lowest BCUT2D eigenvalue weighted by molar-refractivity contribution is -0.143. The Morgan fingerprint density at radius 1 is 0.574 bits per heavy atom. The topological polar surface area (TPSA) is 339 Å². The smallest absolute Gasteiger partial charge is 0.326 e. The predicted molar refractivity (Wildman–Crippen MR) is 162 cm³/mol. The van der Waals surface area contributed by atoms with Gasteiger partial charge in [-0.05, 0) is 59.4 Å². The fourth-order valence-corrected chi connectivity index (χ4v) is 3.73.